The molecule has 112 heavy (non-hydrogen) atoms. The lowest BCUT2D eigenvalue weighted by Gasteiger charge is -2.17. The van der Waals surface area contributed by atoms with Crippen LogP contribution in [0.15, 0.2) is 205 Å². The molecular weight excluding hydrogens is 1710 g/mol. The van der Waals surface area contributed by atoms with Crippen LogP contribution in [0.25, 0.3) is 44.1 Å². The number of alkyl halides is 10. The van der Waals surface area contributed by atoms with Crippen LogP contribution in [-0.2, 0) is 26.2 Å². The van der Waals surface area contributed by atoms with E-state index in [2.05, 4.69) is 91.8 Å². The number of carbonyl (C=O) groups excluding carboxylic acids is 6. The number of carboxylic acid groups (broad SMARTS) is 1. The molecule has 27 nitrogen and oxygen atoms in total. The number of likely N-dealkylation sites (N-methyl/N-ethyl adjacent to an activating group) is 3. The second kappa shape index (κ2) is 39.1. The summed E-state index contributed by atoms with van der Waals surface area (Å²) in [4.78, 5) is 131. The molecule has 6 amide bonds. The van der Waals surface area contributed by atoms with Crippen molar-refractivity contribution in [2.75, 3.05) is 62.6 Å². The van der Waals surface area contributed by atoms with E-state index < -0.39 is 67.8 Å². The van der Waals surface area contributed by atoms with Gasteiger partial charge in [-0.3, -0.25) is 47.5 Å². The monoisotopic (exact) mass is 1770 g/mol. The lowest BCUT2D eigenvalue weighted by molar-refractivity contribution is -0.275. The lowest BCUT2D eigenvalue weighted by Crippen LogP contribution is -2.33. The third-order valence-electron chi connectivity index (χ3n) is 15.0. The minimum Gasteiger partial charge on any atom is -0.481 e. The van der Waals surface area contributed by atoms with Gasteiger partial charge in [-0.15, -0.1) is 39.5 Å². The van der Waals surface area contributed by atoms with Crippen molar-refractivity contribution in [3.05, 3.63) is 236 Å². The predicted octanol–water partition coefficient (Wildman–Crippen LogP) is 10.5. The van der Waals surface area contributed by atoms with E-state index in [1.54, 1.807) is 119 Å². The van der Waals surface area contributed by atoms with Gasteiger partial charge >= 0.3 is 49.0 Å². The molecule has 0 saturated heterocycles. The smallest absolute Gasteiger partial charge is 0.481 e. The number of nitrogens with one attached hydrogen (secondary N) is 4. The molecule has 7 N–H and O–H groups in total. The number of halogens is 13. The number of carboxylic acids is 1. The molecule has 590 valence electrons. The largest absolute Gasteiger partial charge is 0.573 e. The number of aromatic amines is 1. The number of anilines is 3. The average molecular weight is 1770 g/mol. The van der Waals surface area contributed by atoms with E-state index in [1.165, 1.54) is 67.8 Å². The molecule has 5 heterocycles. The summed E-state index contributed by atoms with van der Waals surface area (Å²) in [6, 6.07) is 40.1. The Morgan fingerprint density at radius 2 is 0.795 bits per heavy atom. The average Bonchev–Trinajstić information content (AvgIpc) is 1.61. The number of rotatable bonds is 6. The van der Waals surface area contributed by atoms with Crippen molar-refractivity contribution in [1.29, 1.82) is 0 Å². The molecule has 3 aliphatic heterocycles. The number of nitrogens with zero attached hydrogens (tertiary/aromatic N) is 4. The highest BCUT2D eigenvalue weighted by atomic mass is 79.9. The fraction of sp³-hybridized carbons (Fsp3) is 0.169. The first kappa shape index (κ1) is 87.3. The zero-order valence-corrected chi connectivity index (χ0v) is 62.8. The van der Waals surface area contributed by atoms with Gasteiger partial charge in [0.25, 0.3) is 23.7 Å². The molecule has 2 aromatic heterocycles. The van der Waals surface area contributed by atoms with E-state index in [9.17, 15) is 91.8 Å². The second-order valence-corrected chi connectivity index (χ2v) is 25.3. The van der Waals surface area contributed by atoms with Gasteiger partial charge in [0.1, 0.15) is 17.2 Å². The molecule has 0 radical (unpaired) electrons. The number of aromatic nitrogens is 2. The number of aryl methyl sites for hydroxylation is 1. The fourth-order valence-corrected chi connectivity index (χ4v) is 10.8. The van der Waals surface area contributed by atoms with Gasteiger partial charge in [-0.1, -0.05) is 96.3 Å². The zero-order valence-electron chi connectivity index (χ0n) is 59.1. The van der Waals surface area contributed by atoms with Gasteiger partial charge in [0, 0.05) is 48.5 Å². The van der Waals surface area contributed by atoms with Gasteiger partial charge in [-0.25, -0.2) is 19.2 Å². The Labute approximate surface area is 650 Å². The number of hydrogen-bond acceptors (Lipinski definition) is 18. The number of H-pyrrole nitrogens is 1. The fourth-order valence-electron chi connectivity index (χ4n) is 9.75. The zero-order chi connectivity index (χ0) is 84.1. The summed E-state index contributed by atoms with van der Waals surface area (Å²) >= 11 is 9.75. The van der Waals surface area contributed by atoms with E-state index in [-0.39, 0.29) is 72.0 Å². The number of amides is 6. The third-order valence-corrected chi connectivity index (χ3v) is 16.4. The first-order valence-electron chi connectivity index (χ1n) is 31.9. The standard InChI is InChI=1S/2C17H13F3N2O3.C10H9BrN2O2.C9H6BrNO3.C8H4BrNO3.C7H6BF3O3.C2H4O2.CH3F/c2*1-22-14-7-4-11(8-13(14)16(24)21-9-15(22)23)10-2-5-12(6-3-10)25-17(18,19)20;1-13-8-3-2-6(11)4-7(8)10(15)12-5-9(13)14;1-11-7-3-2-5(10)4-6(7)8(12)14-9(11)13;9-4-1-2-6-5(3-4)7(11)13-8(12)10-6;9-7(10,11)14-6-3-1-5(2-4-6)8(12)13;1-2(3)4;1-2/h2*2-8H,9H2,1H3,(H,21,24);2-4H,5H2,1H3,(H,12,15);2-4H,1H3;1-3H,(H,10,12);1-4,12-13H;1H3,(H,3,4);1H3/i;;;;;;;1D. The molecule has 0 unspecified atom stereocenters. The minimum atomic E-state index is -4.75. The normalized spacial score (nSPS) is 13.0. The summed E-state index contributed by atoms with van der Waals surface area (Å²) in [7, 11) is 3.67. The van der Waals surface area contributed by atoms with Crippen molar-refractivity contribution in [3.63, 3.8) is 0 Å². The number of carbonyl (C=O) groups is 7. The summed E-state index contributed by atoms with van der Waals surface area (Å²) < 4.78 is 148. The Hall–Kier alpha value is -11.9. The molecule has 3 aliphatic rings. The number of hydrogen-bond donors (Lipinski definition) is 7. The summed E-state index contributed by atoms with van der Waals surface area (Å²) in [6.07, 6.45) is -14.2. The molecule has 0 aliphatic carbocycles. The molecule has 0 atom stereocenters. The second-order valence-electron chi connectivity index (χ2n) is 22.6. The Morgan fingerprint density at radius 1 is 0.473 bits per heavy atom. The van der Waals surface area contributed by atoms with E-state index >= 15 is 0 Å². The van der Waals surface area contributed by atoms with Crippen molar-refractivity contribution in [2.45, 2.75) is 26.0 Å². The summed E-state index contributed by atoms with van der Waals surface area (Å²) in [5, 5.41) is 33.0. The molecule has 41 heteroatoms. The van der Waals surface area contributed by atoms with Crippen molar-refractivity contribution in [3.8, 4) is 39.5 Å². The summed E-state index contributed by atoms with van der Waals surface area (Å²) in [5.74, 6) is -4.86. The van der Waals surface area contributed by atoms with Crippen LogP contribution in [0.1, 0.15) is 39.4 Å². The van der Waals surface area contributed by atoms with Gasteiger partial charge in [0.05, 0.1) is 83.7 Å². The molecule has 0 bridgehead atoms. The van der Waals surface area contributed by atoms with Gasteiger partial charge in [-0.2, -0.15) is 0 Å². The van der Waals surface area contributed by atoms with Gasteiger partial charge in [-0.05, 0) is 143 Å². The van der Waals surface area contributed by atoms with E-state index in [1.807, 2.05) is 0 Å². The highest BCUT2D eigenvalue weighted by molar-refractivity contribution is 9.11. The molecule has 8 aromatic carbocycles. The molecule has 10 aromatic rings. The number of aliphatic carboxylic acids is 1. The van der Waals surface area contributed by atoms with E-state index in [0.717, 1.165) is 44.6 Å². The Bertz CT molecular complexity index is 5250. The maximum atomic E-state index is 12.2. The van der Waals surface area contributed by atoms with Crippen LogP contribution in [0.3, 0.4) is 0 Å². The molecule has 0 spiro atoms. The van der Waals surface area contributed by atoms with Gasteiger partial charge in [0.15, 0.2) is 0 Å². The van der Waals surface area contributed by atoms with Crippen LogP contribution < -0.4 is 73.1 Å². The highest BCUT2D eigenvalue weighted by Gasteiger charge is 2.34. The van der Waals surface area contributed by atoms with Gasteiger partial charge in [0.2, 0.25) is 17.7 Å². The molecular formula is C71H58BBr3F10N8O19. The maximum absolute atomic E-state index is 12.2. The maximum Gasteiger partial charge on any atom is 0.573 e. The van der Waals surface area contributed by atoms with Crippen LogP contribution in [0.4, 0.5) is 61.0 Å². The lowest BCUT2D eigenvalue weighted by atomic mass is 9.80. The van der Waals surface area contributed by atoms with Crippen LogP contribution >= 0.6 is 47.8 Å². The number of ether oxygens (including phenoxy) is 3. The van der Waals surface area contributed by atoms with Crippen LogP contribution in [0.5, 0.6) is 17.2 Å². The summed E-state index contributed by atoms with van der Waals surface area (Å²) in [6.45, 7) is 0.938. The topological polar surface area (TPSA) is 369 Å². The van der Waals surface area contributed by atoms with Crippen LogP contribution in [-0.4, -0.2) is 140 Å². The SMILES string of the molecule is CC(=O)O.CN1C(=O)CNC(=O)c2cc(-c3ccc(OC(F)(F)F)cc3)ccc21.CN1C(=O)CNC(=O)c2cc(-c3ccc(OC(F)(F)F)cc3)ccc21.CN1C(=O)CNC(=O)c2cc(Br)ccc21.Cn1c(=O)oc(=O)c2cc(Br)ccc21.O=c1[nH]c2ccc(Br)cc2c(=O)o1.OB(O)c1ccc(OC(F)(F)F)cc1.[2H]CF. The highest BCUT2D eigenvalue weighted by Crippen LogP contribution is 2.34. The first-order chi connectivity index (χ1) is 52.9. The van der Waals surface area contributed by atoms with Crippen LogP contribution in [0.2, 0.25) is 0 Å². The predicted molar refractivity (Wildman–Crippen MR) is 398 cm³/mol. The van der Waals surface area contributed by atoms with Crippen LogP contribution in [0, 0.1) is 0 Å². The molecule has 13 rings (SSSR count). The minimum absolute atomic E-state index is 0.0433. The Balaban J connectivity index is 0.000000212. The molecule has 0 fully saturated rings. The quantitative estimate of drug-likeness (QED) is 0.0601. The molecule has 0 saturated carbocycles. The first-order valence-corrected chi connectivity index (χ1v) is 33.6. The summed E-state index contributed by atoms with van der Waals surface area (Å²) in [5.41, 5.74) is 5.14. The van der Waals surface area contributed by atoms with Crippen molar-refractivity contribution >= 4 is 141 Å². The van der Waals surface area contributed by atoms with E-state index in [0.29, 0.717) is 77.8 Å². The van der Waals surface area contributed by atoms with E-state index in [4.69, 9.17) is 21.3 Å². The Morgan fingerprint density at radius 3 is 1.18 bits per heavy atom. The van der Waals surface area contributed by atoms with Crippen molar-refractivity contribution in [2.24, 2.45) is 7.05 Å². The number of fused-ring (bicyclic) bond motifs is 5. The van der Waals surface area contributed by atoms with Gasteiger partial charge < -0.3 is 68.8 Å². The third kappa shape index (κ3) is 25.8. The Kier molecular flexibility index (Phi) is 30.5. The number of benzene rings is 8. The van der Waals surface area contributed by atoms with Crippen molar-refractivity contribution < 1.29 is 117 Å². The van der Waals surface area contributed by atoms with Crippen molar-refractivity contribution in [1.82, 2.24) is 25.5 Å².